The maximum atomic E-state index is 12.7. The van der Waals surface area contributed by atoms with Crippen molar-refractivity contribution in [2.75, 3.05) is 5.32 Å². The molecule has 3 rings (SSSR count). The molecule has 1 amide bonds. The van der Waals surface area contributed by atoms with E-state index in [1.165, 1.54) is 18.2 Å². The van der Waals surface area contributed by atoms with Gasteiger partial charge in [-0.3, -0.25) is 19.3 Å². The second-order valence-corrected chi connectivity index (χ2v) is 6.21. The van der Waals surface area contributed by atoms with Gasteiger partial charge in [0.05, 0.1) is 16.3 Å². The van der Waals surface area contributed by atoms with Gasteiger partial charge < -0.3 is 5.32 Å². The number of nitro benzene ring substituents is 1. The number of rotatable bonds is 3. The lowest BCUT2D eigenvalue weighted by atomic mass is 10.2. The third kappa shape index (κ3) is 2.88. The molecular formula is C16H13BrN4O3. The van der Waals surface area contributed by atoms with Crippen LogP contribution >= 0.6 is 15.9 Å². The van der Waals surface area contributed by atoms with Gasteiger partial charge in [0.2, 0.25) is 0 Å². The molecule has 0 bridgehead atoms. The number of nitro groups is 1. The lowest BCUT2D eigenvalue weighted by Crippen LogP contribution is -2.16. The maximum absolute atomic E-state index is 12.7. The Hall–Kier alpha value is -2.74. The molecule has 0 aliphatic heterocycles. The molecule has 8 heteroatoms. The molecule has 0 unspecified atom stereocenters. The van der Waals surface area contributed by atoms with Crippen molar-refractivity contribution in [2.45, 2.75) is 13.8 Å². The average molecular weight is 389 g/mol. The fourth-order valence-corrected chi connectivity index (χ4v) is 2.79. The van der Waals surface area contributed by atoms with E-state index in [1.54, 1.807) is 11.3 Å². The fourth-order valence-electron chi connectivity index (χ4n) is 2.45. The summed E-state index contributed by atoms with van der Waals surface area (Å²) in [6.07, 6.45) is 1.83. The Bertz CT molecular complexity index is 981. The Labute approximate surface area is 145 Å². The van der Waals surface area contributed by atoms with Crippen LogP contribution in [0.2, 0.25) is 0 Å². The largest absolute Gasteiger partial charge is 0.319 e. The van der Waals surface area contributed by atoms with Gasteiger partial charge in [0.25, 0.3) is 11.6 Å². The van der Waals surface area contributed by atoms with E-state index in [4.69, 9.17) is 0 Å². The Kier molecular flexibility index (Phi) is 4.06. The molecule has 2 aromatic heterocycles. The van der Waals surface area contributed by atoms with Crippen molar-refractivity contribution in [2.24, 2.45) is 0 Å². The highest BCUT2D eigenvalue weighted by Crippen LogP contribution is 2.28. The van der Waals surface area contributed by atoms with Gasteiger partial charge in [-0.15, -0.1) is 0 Å². The molecule has 0 spiro atoms. The number of pyridine rings is 1. The number of benzene rings is 1. The van der Waals surface area contributed by atoms with E-state index in [2.05, 4.69) is 26.2 Å². The highest BCUT2D eigenvalue weighted by molar-refractivity contribution is 9.10. The zero-order valence-corrected chi connectivity index (χ0v) is 14.5. The molecule has 0 radical (unpaired) electrons. The van der Waals surface area contributed by atoms with Crippen LogP contribution in [0.15, 0.2) is 41.0 Å². The Morgan fingerprint density at radius 1 is 1.29 bits per heavy atom. The molecule has 122 valence electrons. The van der Waals surface area contributed by atoms with Crippen molar-refractivity contribution in [3.8, 4) is 0 Å². The van der Waals surface area contributed by atoms with Crippen LogP contribution < -0.4 is 5.32 Å². The highest BCUT2D eigenvalue weighted by Gasteiger charge is 2.19. The molecule has 1 N–H and O–H groups in total. The topological polar surface area (TPSA) is 89.5 Å². The first-order chi connectivity index (χ1) is 11.4. The van der Waals surface area contributed by atoms with Gasteiger partial charge in [-0.05, 0) is 47.5 Å². The number of nitrogens with zero attached hydrogens (tertiary/aromatic N) is 3. The van der Waals surface area contributed by atoms with Crippen LogP contribution in [-0.4, -0.2) is 20.2 Å². The van der Waals surface area contributed by atoms with E-state index in [0.717, 1.165) is 5.56 Å². The number of carbonyl (C=O) groups is 1. The normalized spacial score (nSPS) is 10.8. The molecular weight excluding hydrogens is 376 g/mol. The summed E-state index contributed by atoms with van der Waals surface area (Å²) in [5.74, 6) is -0.383. The summed E-state index contributed by atoms with van der Waals surface area (Å²) in [6, 6.07) is 7.95. The van der Waals surface area contributed by atoms with Crippen molar-refractivity contribution in [3.63, 3.8) is 0 Å². The predicted octanol–water partition coefficient (Wildman–Crippen LogP) is 3.87. The summed E-state index contributed by atoms with van der Waals surface area (Å²) in [7, 11) is 0. The lowest BCUT2D eigenvalue weighted by molar-refractivity contribution is -0.384. The van der Waals surface area contributed by atoms with Gasteiger partial charge >= 0.3 is 0 Å². The fraction of sp³-hybridized carbons (Fsp3) is 0.125. The number of imidazole rings is 1. The van der Waals surface area contributed by atoms with Gasteiger partial charge in [-0.1, -0.05) is 6.07 Å². The van der Waals surface area contributed by atoms with Crippen LogP contribution in [0.1, 0.15) is 21.7 Å². The molecule has 1 aromatic carbocycles. The number of non-ortho nitro benzene ring substituents is 1. The quantitative estimate of drug-likeness (QED) is 0.544. The maximum Gasteiger partial charge on any atom is 0.274 e. The number of aromatic nitrogens is 2. The number of halogens is 1. The molecule has 0 aliphatic carbocycles. The van der Waals surface area contributed by atoms with Crippen LogP contribution in [0.5, 0.6) is 0 Å². The van der Waals surface area contributed by atoms with Crippen molar-refractivity contribution in [3.05, 3.63) is 68.1 Å². The van der Waals surface area contributed by atoms with Crippen LogP contribution in [0.25, 0.3) is 5.65 Å². The van der Waals surface area contributed by atoms with Crippen molar-refractivity contribution in [1.82, 2.24) is 9.38 Å². The average Bonchev–Trinajstić information content (AvgIpc) is 2.84. The second-order valence-electron chi connectivity index (χ2n) is 5.36. The summed E-state index contributed by atoms with van der Waals surface area (Å²) >= 11 is 3.29. The Morgan fingerprint density at radius 2 is 2.04 bits per heavy atom. The molecule has 0 atom stereocenters. The predicted molar refractivity (Wildman–Crippen MR) is 93.4 cm³/mol. The smallest absolute Gasteiger partial charge is 0.274 e. The minimum atomic E-state index is -0.509. The van der Waals surface area contributed by atoms with E-state index in [9.17, 15) is 14.9 Å². The molecule has 24 heavy (non-hydrogen) atoms. The molecule has 0 aliphatic rings. The van der Waals surface area contributed by atoms with Crippen LogP contribution in [-0.2, 0) is 0 Å². The summed E-state index contributed by atoms with van der Waals surface area (Å²) in [5.41, 5.74) is 2.87. The minimum absolute atomic E-state index is 0.0980. The van der Waals surface area contributed by atoms with Crippen molar-refractivity contribution in [1.29, 1.82) is 0 Å². The first-order valence-electron chi connectivity index (χ1n) is 7.07. The van der Waals surface area contributed by atoms with Gasteiger partial charge in [0, 0.05) is 22.8 Å². The molecule has 2 heterocycles. The summed E-state index contributed by atoms with van der Waals surface area (Å²) in [6.45, 7) is 3.67. The number of amides is 1. The van der Waals surface area contributed by atoms with E-state index in [-0.39, 0.29) is 11.6 Å². The Morgan fingerprint density at radius 3 is 2.75 bits per heavy atom. The second kappa shape index (κ2) is 6.04. The third-order valence-electron chi connectivity index (χ3n) is 3.56. The molecule has 0 saturated carbocycles. The zero-order valence-electron chi connectivity index (χ0n) is 12.9. The zero-order chi connectivity index (χ0) is 17.4. The van der Waals surface area contributed by atoms with E-state index >= 15 is 0 Å². The van der Waals surface area contributed by atoms with Gasteiger partial charge in [0.15, 0.2) is 0 Å². The van der Waals surface area contributed by atoms with Crippen LogP contribution in [0.3, 0.4) is 0 Å². The number of aryl methyl sites for hydroxylation is 2. The summed E-state index contributed by atoms with van der Waals surface area (Å²) in [4.78, 5) is 27.5. The molecule has 0 fully saturated rings. The van der Waals surface area contributed by atoms with Crippen LogP contribution in [0, 0.1) is 24.0 Å². The first kappa shape index (κ1) is 16.1. The number of carbonyl (C=O) groups excluding carboxylic acids is 1. The van der Waals surface area contributed by atoms with Gasteiger partial charge in [-0.2, -0.15) is 0 Å². The third-order valence-corrected chi connectivity index (χ3v) is 4.26. The van der Waals surface area contributed by atoms with Gasteiger partial charge in [0.1, 0.15) is 11.3 Å². The lowest BCUT2D eigenvalue weighted by Gasteiger charge is -2.08. The standard InChI is InChI=1S/C16H13BrN4O3/c1-9-3-6-14-18-10(2)15(20(14)8-9)16(22)19-13-7-11(21(23)24)4-5-12(13)17/h3-8H,1-2H3,(H,19,22). The number of nitrogens with one attached hydrogen (secondary N) is 1. The number of anilines is 1. The van der Waals surface area contributed by atoms with E-state index < -0.39 is 4.92 Å². The number of hydrogen-bond acceptors (Lipinski definition) is 4. The monoisotopic (exact) mass is 388 g/mol. The SMILES string of the molecule is Cc1ccc2nc(C)c(C(=O)Nc3cc([N+](=O)[O-])ccc3Br)n2c1. The number of fused-ring (bicyclic) bond motifs is 1. The molecule has 3 aromatic rings. The molecule has 0 saturated heterocycles. The Balaban J connectivity index is 2.02. The first-order valence-corrected chi connectivity index (χ1v) is 7.86. The van der Waals surface area contributed by atoms with E-state index in [1.807, 2.05) is 25.3 Å². The summed E-state index contributed by atoms with van der Waals surface area (Å²) < 4.78 is 2.27. The summed E-state index contributed by atoms with van der Waals surface area (Å²) in [5, 5.41) is 13.6. The highest BCUT2D eigenvalue weighted by atomic mass is 79.9. The van der Waals surface area contributed by atoms with Gasteiger partial charge in [-0.25, -0.2) is 4.98 Å². The minimum Gasteiger partial charge on any atom is -0.319 e. The van der Waals surface area contributed by atoms with Crippen molar-refractivity contribution < 1.29 is 9.72 Å². The van der Waals surface area contributed by atoms with Crippen molar-refractivity contribution >= 4 is 38.9 Å². The number of hydrogen-bond donors (Lipinski definition) is 1. The molecule has 7 nitrogen and oxygen atoms in total. The van der Waals surface area contributed by atoms with E-state index in [0.29, 0.717) is 27.2 Å². The van der Waals surface area contributed by atoms with Crippen LogP contribution in [0.4, 0.5) is 11.4 Å².